The molecule has 0 aliphatic heterocycles. The van der Waals surface area contributed by atoms with Crippen LogP contribution >= 0.6 is 15.9 Å². The third-order valence-corrected chi connectivity index (χ3v) is 4.11. The molecule has 0 aliphatic rings. The average Bonchev–Trinajstić information content (AvgIpc) is 2.63. The van der Waals surface area contributed by atoms with Crippen molar-refractivity contribution in [3.63, 3.8) is 0 Å². The summed E-state index contributed by atoms with van der Waals surface area (Å²) >= 11 is 3.41. The topological polar surface area (TPSA) is 66.9 Å². The van der Waals surface area contributed by atoms with Gasteiger partial charge in [-0.1, -0.05) is 46.3 Å². The molecular formula is C19H17BrN4O. The van der Waals surface area contributed by atoms with Crippen molar-refractivity contribution in [2.45, 2.75) is 13.5 Å². The van der Waals surface area contributed by atoms with Crippen molar-refractivity contribution in [2.75, 3.05) is 10.6 Å². The maximum atomic E-state index is 12.4. The highest BCUT2D eigenvalue weighted by atomic mass is 79.9. The molecule has 0 spiro atoms. The summed E-state index contributed by atoms with van der Waals surface area (Å²) < 4.78 is 0.970. The van der Waals surface area contributed by atoms with Gasteiger partial charge in [-0.15, -0.1) is 0 Å². The highest BCUT2D eigenvalue weighted by molar-refractivity contribution is 9.10. The van der Waals surface area contributed by atoms with Gasteiger partial charge in [-0.2, -0.15) is 0 Å². The van der Waals surface area contributed by atoms with E-state index in [1.165, 1.54) is 0 Å². The Balaban J connectivity index is 1.69. The van der Waals surface area contributed by atoms with E-state index in [9.17, 15) is 4.79 Å². The lowest BCUT2D eigenvalue weighted by Gasteiger charge is -2.09. The van der Waals surface area contributed by atoms with Gasteiger partial charge in [0.1, 0.15) is 5.69 Å². The number of hydrogen-bond acceptors (Lipinski definition) is 4. The molecule has 3 rings (SSSR count). The lowest BCUT2D eigenvalue weighted by molar-refractivity contribution is 0.102. The summed E-state index contributed by atoms with van der Waals surface area (Å²) in [6, 6.07) is 17.2. The number of amides is 1. The standard InChI is InChI=1S/C19H17BrN4O/c1-13-11-15(20)7-8-16(13)23-18(25)17-9-10-21-19(24-17)22-12-14-5-3-2-4-6-14/h2-11H,12H2,1H3,(H,23,25)(H,21,22,24). The molecule has 2 N–H and O–H groups in total. The zero-order chi connectivity index (χ0) is 17.6. The summed E-state index contributed by atoms with van der Waals surface area (Å²) in [5, 5.41) is 6.01. The van der Waals surface area contributed by atoms with Crippen LogP contribution in [0.5, 0.6) is 0 Å². The van der Waals surface area contributed by atoms with E-state index < -0.39 is 0 Å². The van der Waals surface area contributed by atoms with Gasteiger partial charge >= 0.3 is 0 Å². The summed E-state index contributed by atoms with van der Waals surface area (Å²) in [6.45, 7) is 2.53. The molecule has 0 saturated heterocycles. The molecule has 2 aromatic carbocycles. The number of nitrogens with zero attached hydrogens (tertiary/aromatic N) is 2. The first kappa shape index (κ1) is 17.1. The van der Waals surface area contributed by atoms with Crippen molar-refractivity contribution in [1.82, 2.24) is 9.97 Å². The van der Waals surface area contributed by atoms with Crippen molar-refractivity contribution in [2.24, 2.45) is 0 Å². The maximum Gasteiger partial charge on any atom is 0.274 e. The van der Waals surface area contributed by atoms with E-state index in [0.717, 1.165) is 21.3 Å². The number of aryl methyl sites for hydroxylation is 1. The fourth-order valence-corrected chi connectivity index (χ4v) is 2.78. The molecule has 6 heteroatoms. The van der Waals surface area contributed by atoms with Crippen LogP contribution in [0, 0.1) is 6.92 Å². The zero-order valence-electron chi connectivity index (χ0n) is 13.7. The molecule has 5 nitrogen and oxygen atoms in total. The molecule has 0 bridgehead atoms. The zero-order valence-corrected chi connectivity index (χ0v) is 15.2. The van der Waals surface area contributed by atoms with E-state index in [4.69, 9.17) is 0 Å². The van der Waals surface area contributed by atoms with Gasteiger partial charge in [-0.3, -0.25) is 4.79 Å². The molecule has 0 unspecified atom stereocenters. The predicted octanol–water partition coefficient (Wildman–Crippen LogP) is 4.41. The van der Waals surface area contributed by atoms with Gasteiger partial charge in [-0.05, 0) is 42.3 Å². The minimum Gasteiger partial charge on any atom is -0.350 e. The van der Waals surface area contributed by atoms with Gasteiger partial charge in [0.25, 0.3) is 5.91 Å². The Morgan fingerprint density at radius 3 is 2.68 bits per heavy atom. The number of halogens is 1. The van der Waals surface area contributed by atoms with Gasteiger partial charge < -0.3 is 10.6 Å². The molecule has 0 fully saturated rings. The summed E-state index contributed by atoms with van der Waals surface area (Å²) in [5.41, 5.74) is 3.16. The molecule has 0 saturated carbocycles. The Kier molecular flexibility index (Phi) is 5.40. The minimum absolute atomic E-state index is 0.268. The second-order valence-electron chi connectivity index (χ2n) is 5.52. The number of rotatable bonds is 5. The van der Waals surface area contributed by atoms with Gasteiger partial charge in [-0.25, -0.2) is 9.97 Å². The molecule has 1 amide bonds. The van der Waals surface area contributed by atoms with Crippen molar-refractivity contribution in [3.05, 3.63) is 82.1 Å². The first-order valence-electron chi connectivity index (χ1n) is 7.80. The largest absolute Gasteiger partial charge is 0.350 e. The molecule has 1 aromatic heterocycles. The number of aromatic nitrogens is 2. The van der Waals surface area contributed by atoms with Crippen molar-refractivity contribution in [1.29, 1.82) is 0 Å². The Hall–Kier alpha value is -2.73. The van der Waals surface area contributed by atoms with Gasteiger partial charge in [0, 0.05) is 22.9 Å². The molecule has 25 heavy (non-hydrogen) atoms. The second-order valence-corrected chi connectivity index (χ2v) is 6.43. The second kappa shape index (κ2) is 7.90. The molecular weight excluding hydrogens is 380 g/mol. The van der Waals surface area contributed by atoms with E-state index in [-0.39, 0.29) is 5.91 Å². The molecule has 1 heterocycles. The Bertz CT molecular complexity index is 884. The third kappa shape index (κ3) is 4.64. The van der Waals surface area contributed by atoms with Crippen LogP contribution in [0.25, 0.3) is 0 Å². The summed E-state index contributed by atoms with van der Waals surface area (Å²) in [4.78, 5) is 20.9. The SMILES string of the molecule is Cc1cc(Br)ccc1NC(=O)c1ccnc(NCc2ccccc2)n1. The fraction of sp³-hybridized carbons (Fsp3) is 0.105. The lowest BCUT2D eigenvalue weighted by Crippen LogP contribution is -2.16. The van der Waals surface area contributed by atoms with Crippen LogP contribution in [0.1, 0.15) is 21.6 Å². The first-order valence-corrected chi connectivity index (χ1v) is 8.59. The van der Waals surface area contributed by atoms with E-state index >= 15 is 0 Å². The Morgan fingerprint density at radius 1 is 1.12 bits per heavy atom. The first-order chi connectivity index (χ1) is 12.1. The van der Waals surface area contributed by atoms with E-state index in [1.54, 1.807) is 12.3 Å². The van der Waals surface area contributed by atoms with Crippen molar-refractivity contribution < 1.29 is 4.79 Å². The van der Waals surface area contributed by atoms with Crippen molar-refractivity contribution >= 4 is 33.5 Å². The summed E-state index contributed by atoms with van der Waals surface area (Å²) in [5.74, 6) is 0.152. The van der Waals surface area contributed by atoms with E-state index in [2.05, 4.69) is 36.5 Å². The molecule has 3 aromatic rings. The number of benzene rings is 2. The van der Waals surface area contributed by atoms with Crippen LogP contribution in [-0.2, 0) is 6.54 Å². The van der Waals surface area contributed by atoms with Crippen molar-refractivity contribution in [3.8, 4) is 0 Å². The smallest absolute Gasteiger partial charge is 0.274 e. The van der Waals surface area contributed by atoms with Gasteiger partial charge in [0.05, 0.1) is 0 Å². The van der Waals surface area contributed by atoms with Crippen LogP contribution in [0.3, 0.4) is 0 Å². The minimum atomic E-state index is -0.268. The molecule has 126 valence electrons. The fourth-order valence-electron chi connectivity index (χ4n) is 2.30. The third-order valence-electron chi connectivity index (χ3n) is 3.62. The Labute approximate surface area is 154 Å². The number of nitrogens with one attached hydrogen (secondary N) is 2. The van der Waals surface area contributed by atoms with Gasteiger partial charge in [0.15, 0.2) is 0 Å². The quantitative estimate of drug-likeness (QED) is 0.669. The lowest BCUT2D eigenvalue weighted by atomic mass is 10.2. The number of carbonyl (C=O) groups excluding carboxylic acids is 1. The normalized spacial score (nSPS) is 10.3. The maximum absolute atomic E-state index is 12.4. The van der Waals surface area contributed by atoms with E-state index in [0.29, 0.717) is 18.2 Å². The van der Waals surface area contributed by atoms with Crippen LogP contribution in [0.2, 0.25) is 0 Å². The highest BCUT2D eigenvalue weighted by Gasteiger charge is 2.10. The molecule has 0 aliphatic carbocycles. The van der Waals surface area contributed by atoms with Crippen LogP contribution in [-0.4, -0.2) is 15.9 Å². The number of anilines is 2. The molecule has 0 atom stereocenters. The van der Waals surface area contributed by atoms with Crippen LogP contribution in [0.15, 0.2) is 65.3 Å². The summed E-state index contributed by atoms with van der Waals surface area (Å²) in [6.07, 6.45) is 1.57. The van der Waals surface area contributed by atoms with E-state index in [1.807, 2.05) is 55.5 Å². The number of hydrogen-bond donors (Lipinski definition) is 2. The van der Waals surface area contributed by atoms with Crippen LogP contribution < -0.4 is 10.6 Å². The average molecular weight is 397 g/mol. The molecule has 0 radical (unpaired) electrons. The van der Waals surface area contributed by atoms with Crippen LogP contribution in [0.4, 0.5) is 11.6 Å². The number of carbonyl (C=O) groups is 1. The highest BCUT2D eigenvalue weighted by Crippen LogP contribution is 2.20. The summed E-state index contributed by atoms with van der Waals surface area (Å²) in [7, 11) is 0. The Morgan fingerprint density at radius 2 is 1.92 bits per heavy atom. The monoisotopic (exact) mass is 396 g/mol. The predicted molar refractivity (Wildman–Crippen MR) is 103 cm³/mol. The van der Waals surface area contributed by atoms with Gasteiger partial charge in [0.2, 0.25) is 5.95 Å².